The molecule has 1 fully saturated rings. The minimum absolute atomic E-state index is 0.521. The quantitative estimate of drug-likeness (QED) is 0.515. The molecule has 0 amide bonds. The summed E-state index contributed by atoms with van der Waals surface area (Å²) in [6, 6.07) is 1.04. The summed E-state index contributed by atoms with van der Waals surface area (Å²) >= 11 is 0. The van der Waals surface area contributed by atoms with Crippen molar-refractivity contribution in [3.05, 3.63) is 18.0 Å². The van der Waals surface area contributed by atoms with Crippen molar-refractivity contribution in [1.82, 2.24) is 14.9 Å². The first kappa shape index (κ1) is 21.1. The number of unbranched alkanes of at least 4 members (excludes halogenated alkanes) is 6. The summed E-state index contributed by atoms with van der Waals surface area (Å²) in [4.78, 5) is 14.5. The van der Waals surface area contributed by atoms with Crippen LogP contribution in [0.4, 0.5) is 5.95 Å². The second-order valence-corrected chi connectivity index (χ2v) is 8.02. The summed E-state index contributed by atoms with van der Waals surface area (Å²) in [5.74, 6) is 0.931. The molecule has 0 N–H and O–H groups in total. The highest BCUT2D eigenvalue weighted by Crippen LogP contribution is 2.24. The van der Waals surface area contributed by atoms with E-state index in [-0.39, 0.29) is 0 Å². The molecule has 148 valence electrons. The van der Waals surface area contributed by atoms with Gasteiger partial charge in [-0.3, -0.25) is 0 Å². The smallest absolute Gasteiger partial charge is 0.225 e. The van der Waals surface area contributed by atoms with Crippen LogP contribution in [0.2, 0.25) is 0 Å². The molecule has 0 spiro atoms. The second kappa shape index (κ2) is 11.5. The van der Waals surface area contributed by atoms with Gasteiger partial charge in [-0.15, -0.1) is 0 Å². The van der Waals surface area contributed by atoms with Gasteiger partial charge in [-0.1, -0.05) is 59.3 Å². The molecule has 4 heteroatoms. The van der Waals surface area contributed by atoms with Crippen LogP contribution in [0.1, 0.15) is 84.1 Å². The largest absolute Gasteiger partial charge is 0.332 e. The number of aromatic nitrogens is 2. The summed E-state index contributed by atoms with van der Waals surface area (Å²) in [6.07, 6.45) is 17.0. The average Bonchev–Trinajstić information content (AvgIpc) is 2.67. The molecule has 26 heavy (non-hydrogen) atoms. The number of aryl methyl sites for hydroxylation is 1. The molecule has 0 aliphatic carbocycles. The van der Waals surface area contributed by atoms with Crippen molar-refractivity contribution >= 4 is 5.95 Å². The topological polar surface area (TPSA) is 32.3 Å². The molecule has 2 heterocycles. The number of anilines is 1. The van der Waals surface area contributed by atoms with Crippen LogP contribution >= 0.6 is 0 Å². The van der Waals surface area contributed by atoms with Gasteiger partial charge in [0.15, 0.2) is 0 Å². The van der Waals surface area contributed by atoms with E-state index < -0.39 is 0 Å². The van der Waals surface area contributed by atoms with E-state index in [1.807, 2.05) is 0 Å². The maximum Gasteiger partial charge on any atom is 0.225 e. The van der Waals surface area contributed by atoms with E-state index in [0.29, 0.717) is 12.1 Å². The SMILES string of the molecule is CCCCCCCCCc1cnc(N2C(CC)CN(C)CC2CC)nc1. The van der Waals surface area contributed by atoms with E-state index in [2.05, 4.69) is 50.0 Å². The molecule has 0 bridgehead atoms. The fourth-order valence-corrected chi connectivity index (χ4v) is 4.14. The van der Waals surface area contributed by atoms with E-state index in [4.69, 9.17) is 9.97 Å². The maximum absolute atomic E-state index is 4.76. The normalized spacial score (nSPS) is 21.3. The number of likely N-dealkylation sites (N-methyl/N-ethyl adjacent to an activating group) is 1. The molecule has 2 unspecified atom stereocenters. The third-order valence-electron chi connectivity index (χ3n) is 5.77. The van der Waals surface area contributed by atoms with Crippen molar-refractivity contribution in [2.75, 3.05) is 25.0 Å². The van der Waals surface area contributed by atoms with E-state index in [1.54, 1.807) is 0 Å². The standard InChI is InChI=1S/C22H40N4/c1-5-8-9-10-11-12-13-14-19-15-23-22(24-16-19)26-20(6-2)17-25(4)18-21(26)7-3/h15-16,20-21H,5-14,17-18H2,1-4H3. The zero-order valence-corrected chi connectivity index (χ0v) is 17.6. The molecular formula is C22H40N4. The Morgan fingerprint density at radius 2 is 1.38 bits per heavy atom. The molecule has 1 aromatic heterocycles. The van der Waals surface area contributed by atoms with E-state index in [0.717, 1.165) is 38.3 Å². The Kier molecular flexibility index (Phi) is 9.38. The van der Waals surface area contributed by atoms with Crippen LogP contribution in [0.5, 0.6) is 0 Å². The van der Waals surface area contributed by atoms with Crippen molar-refractivity contribution in [3.8, 4) is 0 Å². The number of hydrogen-bond acceptors (Lipinski definition) is 4. The van der Waals surface area contributed by atoms with Crippen molar-refractivity contribution in [3.63, 3.8) is 0 Å². The first-order chi connectivity index (χ1) is 12.7. The van der Waals surface area contributed by atoms with E-state index in [1.165, 1.54) is 50.5 Å². The van der Waals surface area contributed by atoms with Crippen molar-refractivity contribution in [1.29, 1.82) is 0 Å². The number of hydrogen-bond donors (Lipinski definition) is 0. The summed E-state index contributed by atoms with van der Waals surface area (Å²) in [6.45, 7) is 9.04. The van der Waals surface area contributed by atoms with Gasteiger partial charge < -0.3 is 9.80 Å². The molecule has 1 saturated heterocycles. The van der Waals surface area contributed by atoms with Gasteiger partial charge in [-0.25, -0.2) is 9.97 Å². The fraction of sp³-hybridized carbons (Fsp3) is 0.818. The van der Waals surface area contributed by atoms with Gasteiger partial charge in [0.1, 0.15) is 0 Å². The summed E-state index contributed by atoms with van der Waals surface area (Å²) in [7, 11) is 2.23. The molecule has 0 aromatic carbocycles. The second-order valence-electron chi connectivity index (χ2n) is 8.02. The van der Waals surface area contributed by atoms with Crippen LogP contribution in [0.25, 0.3) is 0 Å². The molecule has 2 atom stereocenters. The van der Waals surface area contributed by atoms with Gasteiger partial charge in [0.25, 0.3) is 0 Å². The van der Waals surface area contributed by atoms with E-state index in [9.17, 15) is 0 Å². The van der Waals surface area contributed by atoms with Crippen LogP contribution in [-0.2, 0) is 6.42 Å². The molecule has 1 aromatic rings. The Morgan fingerprint density at radius 3 is 1.92 bits per heavy atom. The monoisotopic (exact) mass is 360 g/mol. The summed E-state index contributed by atoms with van der Waals surface area (Å²) < 4.78 is 0. The number of nitrogens with zero attached hydrogens (tertiary/aromatic N) is 4. The van der Waals surface area contributed by atoms with Crippen LogP contribution in [0.3, 0.4) is 0 Å². The molecule has 0 radical (unpaired) electrons. The minimum atomic E-state index is 0.521. The first-order valence-corrected chi connectivity index (χ1v) is 11.0. The van der Waals surface area contributed by atoms with Crippen LogP contribution in [0, 0.1) is 0 Å². The fourth-order valence-electron chi connectivity index (χ4n) is 4.14. The van der Waals surface area contributed by atoms with Crippen LogP contribution in [-0.4, -0.2) is 47.1 Å². The molecule has 0 saturated carbocycles. The molecular weight excluding hydrogens is 320 g/mol. The highest BCUT2D eigenvalue weighted by atomic mass is 15.4. The Morgan fingerprint density at radius 1 is 0.846 bits per heavy atom. The lowest BCUT2D eigenvalue weighted by Crippen LogP contribution is -2.58. The van der Waals surface area contributed by atoms with Gasteiger partial charge in [0.05, 0.1) is 0 Å². The zero-order valence-electron chi connectivity index (χ0n) is 17.6. The summed E-state index contributed by atoms with van der Waals surface area (Å²) in [5.41, 5.74) is 1.29. The maximum atomic E-state index is 4.76. The third-order valence-corrected chi connectivity index (χ3v) is 5.77. The minimum Gasteiger partial charge on any atom is -0.332 e. The lowest BCUT2D eigenvalue weighted by molar-refractivity contribution is 0.217. The number of piperazine rings is 1. The van der Waals surface area contributed by atoms with Gasteiger partial charge in [-0.2, -0.15) is 0 Å². The number of rotatable bonds is 11. The van der Waals surface area contributed by atoms with Crippen molar-refractivity contribution in [2.45, 2.75) is 97.1 Å². The van der Waals surface area contributed by atoms with Gasteiger partial charge in [0, 0.05) is 37.6 Å². The molecule has 4 nitrogen and oxygen atoms in total. The highest BCUT2D eigenvalue weighted by molar-refractivity contribution is 5.35. The predicted molar refractivity (Wildman–Crippen MR) is 112 cm³/mol. The molecule has 1 aliphatic heterocycles. The van der Waals surface area contributed by atoms with Gasteiger partial charge >= 0.3 is 0 Å². The average molecular weight is 361 g/mol. The lowest BCUT2D eigenvalue weighted by Gasteiger charge is -2.45. The predicted octanol–water partition coefficient (Wildman–Crippen LogP) is 5.08. The molecule has 2 rings (SSSR count). The molecule has 1 aliphatic rings. The van der Waals surface area contributed by atoms with Crippen LogP contribution in [0.15, 0.2) is 12.4 Å². The summed E-state index contributed by atoms with van der Waals surface area (Å²) in [5, 5.41) is 0. The van der Waals surface area contributed by atoms with Crippen molar-refractivity contribution < 1.29 is 0 Å². The Bertz CT molecular complexity index is 473. The highest BCUT2D eigenvalue weighted by Gasteiger charge is 2.32. The van der Waals surface area contributed by atoms with E-state index >= 15 is 0 Å². The van der Waals surface area contributed by atoms with Gasteiger partial charge in [0.2, 0.25) is 5.95 Å². The lowest BCUT2D eigenvalue weighted by atomic mass is 10.0. The Labute approximate surface area is 161 Å². The van der Waals surface area contributed by atoms with Crippen molar-refractivity contribution in [2.24, 2.45) is 0 Å². The Hall–Kier alpha value is -1.16. The van der Waals surface area contributed by atoms with Crippen LogP contribution < -0.4 is 4.90 Å². The first-order valence-electron chi connectivity index (χ1n) is 11.0. The van der Waals surface area contributed by atoms with Gasteiger partial charge in [-0.05, 0) is 38.3 Å². The Balaban J connectivity index is 1.85. The zero-order chi connectivity index (χ0) is 18.8. The third kappa shape index (κ3) is 6.22.